The number of rotatable bonds is 7. The van der Waals surface area contributed by atoms with Gasteiger partial charge in [-0.1, -0.05) is 35.3 Å². The molecule has 1 aromatic heterocycles. The Morgan fingerprint density at radius 3 is 2.14 bits per heavy atom. The highest BCUT2D eigenvalue weighted by Gasteiger charge is 2.34. The molecule has 0 fully saturated rings. The van der Waals surface area contributed by atoms with Crippen LogP contribution in [0.3, 0.4) is 0 Å². The first-order valence-electron chi connectivity index (χ1n) is 10.9. The summed E-state index contributed by atoms with van der Waals surface area (Å²) < 4.78 is 33.6. The van der Waals surface area contributed by atoms with Crippen LogP contribution in [0.2, 0.25) is 10.0 Å². The van der Waals surface area contributed by atoms with Crippen molar-refractivity contribution in [3.63, 3.8) is 0 Å². The normalized spacial score (nSPS) is 13.5. The number of aromatic nitrogens is 2. The van der Waals surface area contributed by atoms with Crippen LogP contribution in [0.25, 0.3) is 11.0 Å². The third kappa shape index (κ3) is 4.03. The molecular formula is C25H19Cl2N3O5S. The fourth-order valence-corrected chi connectivity index (χ4v) is 6.04. The van der Waals surface area contributed by atoms with Crippen LogP contribution in [0.15, 0.2) is 65.6 Å². The summed E-state index contributed by atoms with van der Waals surface area (Å²) >= 11 is 12.4. The van der Waals surface area contributed by atoms with E-state index in [9.17, 15) is 18.0 Å². The minimum atomic E-state index is -4.07. The predicted molar refractivity (Wildman–Crippen MR) is 135 cm³/mol. The molecule has 0 radical (unpaired) electrons. The number of fused-ring (bicyclic) bond motifs is 2. The zero-order valence-electron chi connectivity index (χ0n) is 18.9. The van der Waals surface area contributed by atoms with Gasteiger partial charge in [-0.15, -0.1) is 0 Å². The van der Waals surface area contributed by atoms with E-state index in [0.29, 0.717) is 28.8 Å². The van der Waals surface area contributed by atoms with Crippen LogP contribution in [0.1, 0.15) is 33.0 Å². The topological polar surface area (TPSA) is 98.6 Å². The molecule has 0 spiro atoms. The van der Waals surface area contributed by atoms with E-state index in [1.165, 1.54) is 36.3 Å². The molecule has 184 valence electrons. The fraction of sp³-hybridized carbons (Fsp3) is 0.160. The highest BCUT2D eigenvalue weighted by atomic mass is 35.5. The first kappa shape index (κ1) is 24.3. The van der Waals surface area contributed by atoms with E-state index in [-0.39, 0.29) is 51.1 Å². The van der Waals surface area contributed by atoms with Crippen LogP contribution < -0.4 is 4.74 Å². The van der Waals surface area contributed by atoms with Crippen molar-refractivity contribution >= 4 is 56.1 Å². The Kier molecular flexibility index (Phi) is 6.23. The number of hydrogen-bond donors (Lipinski definition) is 0. The Hall–Kier alpha value is -3.40. The third-order valence-electron chi connectivity index (χ3n) is 5.98. The number of halogens is 2. The Balaban J connectivity index is 1.49. The summed E-state index contributed by atoms with van der Waals surface area (Å²) in [7, 11) is -2.58. The van der Waals surface area contributed by atoms with Crippen molar-refractivity contribution in [2.45, 2.75) is 17.7 Å². The zero-order chi connectivity index (χ0) is 25.6. The standard InChI is InChI=1S/C25H19Cl2N3O5S/c1-35-15-8-10-16(11-9-15)36(33,34)30-22-14-20(27)19(26)13-21(22)28-23(30)7-4-12-29-24(31)17-5-2-3-6-18(17)25(29)32/h2-3,5-6,8-11,13-14H,4,7,12H2,1H3. The van der Waals surface area contributed by atoms with E-state index in [1.807, 2.05) is 0 Å². The number of nitrogens with zero attached hydrogens (tertiary/aromatic N) is 3. The second-order valence-corrected chi connectivity index (χ2v) is 10.7. The van der Waals surface area contributed by atoms with Gasteiger partial charge in [0.2, 0.25) is 0 Å². The van der Waals surface area contributed by atoms with Crippen molar-refractivity contribution in [1.29, 1.82) is 0 Å². The van der Waals surface area contributed by atoms with E-state index in [0.717, 1.165) is 3.97 Å². The first-order chi connectivity index (χ1) is 17.2. The van der Waals surface area contributed by atoms with Gasteiger partial charge in [-0.2, -0.15) is 0 Å². The number of imidazole rings is 1. The maximum atomic E-state index is 13.7. The smallest absolute Gasteiger partial charge is 0.269 e. The average molecular weight is 544 g/mol. The van der Waals surface area contributed by atoms with Gasteiger partial charge in [0, 0.05) is 13.0 Å². The Bertz CT molecular complexity index is 1600. The predicted octanol–water partition coefficient (Wildman–Crippen LogP) is 4.82. The number of imide groups is 1. The molecule has 0 aliphatic carbocycles. The van der Waals surface area contributed by atoms with Gasteiger partial charge in [0.05, 0.1) is 44.2 Å². The zero-order valence-corrected chi connectivity index (χ0v) is 21.3. The molecule has 1 aliphatic heterocycles. The summed E-state index contributed by atoms with van der Waals surface area (Å²) in [5.41, 5.74) is 1.36. The van der Waals surface area contributed by atoms with E-state index in [1.54, 1.807) is 36.4 Å². The average Bonchev–Trinajstić information content (AvgIpc) is 3.34. The number of carbonyl (C=O) groups is 2. The Labute approximate surface area is 217 Å². The second kappa shape index (κ2) is 9.24. The summed E-state index contributed by atoms with van der Waals surface area (Å²) in [6.45, 7) is 0.111. The number of aryl methyl sites for hydroxylation is 1. The van der Waals surface area contributed by atoms with Gasteiger partial charge in [-0.3, -0.25) is 14.5 Å². The maximum absolute atomic E-state index is 13.7. The van der Waals surface area contributed by atoms with Gasteiger partial charge in [-0.25, -0.2) is 17.4 Å². The minimum absolute atomic E-state index is 0.0373. The molecule has 8 nitrogen and oxygen atoms in total. The van der Waals surface area contributed by atoms with E-state index in [4.69, 9.17) is 27.9 Å². The van der Waals surface area contributed by atoms with Crippen LogP contribution in [0.5, 0.6) is 5.75 Å². The molecule has 2 amide bonds. The number of hydrogen-bond acceptors (Lipinski definition) is 6. The fourth-order valence-electron chi connectivity index (χ4n) is 4.22. The minimum Gasteiger partial charge on any atom is -0.497 e. The van der Waals surface area contributed by atoms with Crippen molar-refractivity contribution in [3.8, 4) is 5.75 Å². The van der Waals surface area contributed by atoms with Gasteiger partial charge >= 0.3 is 0 Å². The van der Waals surface area contributed by atoms with Crippen LogP contribution in [0.4, 0.5) is 0 Å². The lowest BCUT2D eigenvalue weighted by atomic mass is 10.1. The second-order valence-electron chi connectivity index (χ2n) is 8.14. The van der Waals surface area contributed by atoms with Gasteiger partial charge in [0.25, 0.3) is 21.8 Å². The number of amides is 2. The molecule has 11 heteroatoms. The van der Waals surface area contributed by atoms with Crippen molar-refractivity contribution in [3.05, 3.63) is 87.7 Å². The van der Waals surface area contributed by atoms with Gasteiger partial charge in [0.1, 0.15) is 11.6 Å². The van der Waals surface area contributed by atoms with Gasteiger partial charge in [-0.05, 0) is 55.0 Å². The van der Waals surface area contributed by atoms with Crippen molar-refractivity contribution in [2.75, 3.05) is 13.7 Å². The lowest BCUT2D eigenvalue weighted by Crippen LogP contribution is -2.31. The summed E-state index contributed by atoms with van der Waals surface area (Å²) in [6.07, 6.45) is 0.473. The monoisotopic (exact) mass is 543 g/mol. The van der Waals surface area contributed by atoms with Crippen LogP contribution >= 0.6 is 23.2 Å². The Morgan fingerprint density at radius 2 is 1.53 bits per heavy atom. The molecule has 0 N–H and O–H groups in total. The van der Waals surface area contributed by atoms with E-state index < -0.39 is 10.0 Å². The third-order valence-corrected chi connectivity index (χ3v) is 8.46. The first-order valence-corrected chi connectivity index (χ1v) is 13.1. The Morgan fingerprint density at radius 1 is 0.917 bits per heavy atom. The number of ether oxygens (including phenoxy) is 1. The van der Waals surface area contributed by atoms with Crippen LogP contribution in [-0.2, 0) is 16.4 Å². The number of benzene rings is 3. The molecule has 0 saturated heterocycles. The number of methoxy groups -OCH3 is 1. The number of carbonyl (C=O) groups excluding carboxylic acids is 2. The molecular weight excluding hydrogens is 525 g/mol. The molecule has 0 bridgehead atoms. The summed E-state index contributed by atoms with van der Waals surface area (Å²) in [5, 5.41) is 0.432. The molecule has 4 aromatic rings. The summed E-state index contributed by atoms with van der Waals surface area (Å²) in [6, 6.07) is 15.6. The quantitative estimate of drug-likeness (QED) is 0.310. The van der Waals surface area contributed by atoms with Crippen molar-refractivity contribution in [2.24, 2.45) is 0 Å². The van der Waals surface area contributed by atoms with Crippen molar-refractivity contribution in [1.82, 2.24) is 13.9 Å². The summed E-state index contributed by atoms with van der Waals surface area (Å²) in [4.78, 5) is 31.1. The van der Waals surface area contributed by atoms with Crippen LogP contribution in [0, 0.1) is 0 Å². The highest BCUT2D eigenvalue weighted by molar-refractivity contribution is 7.90. The SMILES string of the molecule is COc1ccc(S(=O)(=O)n2c(CCCN3C(=O)c4ccccc4C3=O)nc3cc(Cl)c(Cl)cc32)cc1. The maximum Gasteiger partial charge on any atom is 0.269 e. The lowest BCUT2D eigenvalue weighted by molar-refractivity contribution is 0.0652. The molecule has 5 rings (SSSR count). The van der Waals surface area contributed by atoms with E-state index in [2.05, 4.69) is 4.98 Å². The molecule has 0 atom stereocenters. The largest absolute Gasteiger partial charge is 0.497 e. The molecule has 0 saturated carbocycles. The molecule has 1 aliphatic rings. The lowest BCUT2D eigenvalue weighted by Gasteiger charge is -2.14. The molecule has 2 heterocycles. The van der Waals surface area contributed by atoms with Gasteiger partial charge < -0.3 is 4.74 Å². The molecule has 36 heavy (non-hydrogen) atoms. The van der Waals surface area contributed by atoms with Gasteiger partial charge in [0.15, 0.2) is 0 Å². The highest BCUT2D eigenvalue weighted by Crippen LogP contribution is 2.32. The molecule has 3 aromatic carbocycles. The summed E-state index contributed by atoms with van der Waals surface area (Å²) in [5.74, 6) is 0.0123. The van der Waals surface area contributed by atoms with Crippen molar-refractivity contribution < 1.29 is 22.7 Å². The van der Waals surface area contributed by atoms with Crippen LogP contribution in [-0.4, -0.2) is 47.7 Å². The van der Waals surface area contributed by atoms with E-state index >= 15 is 0 Å². The molecule has 0 unspecified atom stereocenters.